The van der Waals surface area contributed by atoms with Crippen LogP contribution in [0.15, 0.2) is 218 Å². The summed E-state index contributed by atoms with van der Waals surface area (Å²) in [5, 5.41) is 22.2. The van der Waals surface area contributed by atoms with Crippen LogP contribution in [0.3, 0.4) is 0 Å². The number of nitriles is 1. The second kappa shape index (κ2) is 19.5. The van der Waals surface area contributed by atoms with Crippen LogP contribution < -0.4 is 0 Å². The van der Waals surface area contributed by atoms with Gasteiger partial charge in [0.15, 0.2) is 0 Å². The molecule has 0 spiro atoms. The zero-order valence-electron chi connectivity index (χ0n) is 52.5. The van der Waals surface area contributed by atoms with E-state index in [1.165, 1.54) is 22.3 Å². The van der Waals surface area contributed by atoms with Crippen LogP contribution in [-0.2, 0) is 21.7 Å². The highest BCUT2D eigenvalue weighted by atomic mass is 15.1. The van der Waals surface area contributed by atoms with Crippen molar-refractivity contribution in [3.63, 3.8) is 0 Å². The van der Waals surface area contributed by atoms with Crippen LogP contribution in [0.5, 0.6) is 0 Å². The van der Waals surface area contributed by atoms with Gasteiger partial charge in [-0.3, -0.25) is 0 Å². The normalized spacial score (nSPS) is 12.8. The van der Waals surface area contributed by atoms with Crippen LogP contribution in [0.2, 0.25) is 0 Å². The minimum absolute atomic E-state index is 0.132. The summed E-state index contributed by atoms with van der Waals surface area (Å²) in [4.78, 5) is 5.81. The molecule has 0 radical (unpaired) electrons. The van der Waals surface area contributed by atoms with Crippen molar-refractivity contribution in [3.8, 4) is 51.3 Å². The maximum absolute atomic E-state index is 13.1. The smallest absolute Gasteiger partial charge is 0.102 e. The van der Waals surface area contributed by atoms with Gasteiger partial charge in [-0.2, -0.15) is 5.26 Å². The van der Waals surface area contributed by atoms with Gasteiger partial charge in [-0.15, -0.1) is 0 Å². The summed E-state index contributed by atoms with van der Waals surface area (Å²) in [6.07, 6.45) is 0. The van der Waals surface area contributed by atoms with Gasteiger partial charge < -0.3 is 18.3 Å². The zero-order chi connectivity index (χ0) is 60.9. The van der Waals surface area contributed by atoms with Gasteiger partial charge in [0.25, 0.3) is 0 Å². The van der Waals surface area contributed by atoms with Gasteiger partial charge in [0.1, 0.15) is 6.07 Å². The number of hydrogen-bond acceptors (Lipinski definition) is 2. The van der Waals surface area contributed by atoms with E-state index in [4.69, 9.17) is 4.98 Å². The Morgan fingerprint density at radius 2 is 0.580 bits per heavy atom. The Morgan fingerprint density at radius 1 is 0.284 bits per heavy atom. The molecule has 88 heavy (non-hydrogen) atoms. The first kappa shape index (κ1) is 54.7. The average molecular weight is 1140 g/mol. The largest absolute Gasteiger partial charge is 0.306 e. The van der Waals surface area contributed by atoms with E-state index in [1.54, 1.807) is 0 Å². The van der Waals surface area contributed by atoms with E-state index in [-0.39, 0.29) is 21.7 Å². The van der Waals surface area contributed by atoms with E-state index >= 15 is 0 Å². The van der Waals surface area contributed by atoms with Crippen molar-refractivity contribution >= 4 is 87.2 Å². The fourth-order valence-corrected chi connectivity index (χ4v) is 14.0. The lowest BCUT2D eigenvalue weighted by Crippen LogP contribution is -2.17. The first-order chi connectivity index (χ1) is 42.2. The molecule has 0 fully saturated rings. The lowest BCUT2D eigenvalue weighted by atomic mass is 9.86. The van der Waals surface area contributed by atoms with Crippen LogP contribution in [-0.4, -0.2) is 23.3 Å². The van der Waals surface area contributed by atoms with Crippen molar-refractivity contribution in [1.29, 1.82) is 5.26 Å². The molecule has 0 amide bonds. The number of pyridine rings is 1. The lowest BCUT2D eigenvalue weighted by Gasteiger charge is -2.29. The maximum atomic E-state index is 13.1. The minimum Gasteiger partial charge on any atom is -0.306 e. The third-order valence-electron chi connectivity index (χ3n) is 18.6. The van der Waals surface area contributed by atoms with Gasteiger partial charge in [0.2, 0.25) is 0 Å². The molecule has 5 heterocycles. The van der Waals surface area contributed by atoms with Gasteiger partial charge >= 0.3 is 0 Å². The molecule has 0 N–H and O–H groups in total. The number of nitrogens with zero attached hydrogens (tertiary/aromatic N) is 6. The highest BCUT2D eigenvalue weighted by Gasteiger charge is 2.36. The SMILES string of the molecule is CC(C)(C)c1ccc2c(c1)c1ccccc1n2-c1c(C#N)c(-c2cccc(-c3ccccc3)n2)c(-n2c3ccccc3c3cc(C(C)(C)C)ccc32)c(-n2c3ccccc3c3cc(C(C)(C)C)ccc32)c1-n1c2ccccc2c2cc(C(C)(C)C)ccc21. The molecule has 0 atom stereocenters. The molecule has 0 unspecified atom stereocenters. The Hall–Kier alpha value is -9.96. The molecular weight excluding hydrogens is 1070 g/mol. The quantitative estimate of drug-likeness (QED) is 0.167. The molecule has 5 aromatic heterocycles. The summed E-state index contributed by atoms with van der Waals surface area (Å²) >= 11 is 0. The summed E-state index contributed by atoms with van der Waals surface area (Å²) < 4.78 is 9.99. The average Bonchev–Trinajstić information content (AvgIpc) is 1.44. The second-order valence-corrected chi connectivity index (χ2v) is 28.4. The Bertz CT molecular complexity index is 5430. The maximum Gasteiger partial charge on any atom is 0.102 e. The molecule has 0 saturated heterocycles. The monoisotopic (exact) mass is 1140 g/mol. The molecule has 0 bridgehead atoms. The van der Waals surface area contributed by atoms with Crippen molar-refractivity contribution in [2.45, 2.75) is 105 Å². The first-order valence-corrected chi connectivity index (χ1v) is 31.0. The topological polar surface area (TPSA) is 56.4 Å². The van der Waals surface area contributed by atoms with E-state index in [2.05, 4.69) is 326 Å². The van der Waals surface area contributed by atoms with E-state index in [0.717, 1.165) is 127 Å². The molecule has 10 aromatic carbocycles. The van der Waals surface area contributed by atoms with Crippen molar-refractivity contribution in [2.75, 3.05) is 0 Å². The van der Waals surface area contributed by atoms with Crippen LogP contribution in [0.4, 0.5) is 0 Å². The number of aromatic nitrogens is 5. The van der Waals surface area contributed by atoms with Crippen LogP contribution in [0, 0.1) is 11.3 Å². The predicted molar refractivity (Wildman–Crippen MR) is 372 cm³/mol. The molecule has 6 nitrogen and oxygen atoms in total. The predicted octanol–water partition coefficient (Wildman–Crippen LogP) is 21.9. The molecule has 15 aromatic rings. The molecule has 0 saturated carbocycles. The van der Waals surface area contributed by atoms with Gasteiger partial charge in [-0.05, 0) is 129 Å². The number of para-hydroxylation sites is 4. The number of hydrogen-bond donors (Lipinski definition) is 0. The standard InChI is InChI=1S/C82H72N6/c1-79(2,3)51-37-41-70-59(45-51)55-27-16-20-33-66(55)85(70)75-63(49-83)74(65-32-24-31-64(84-65)50-25-14-13-15-26-50)76(86-67-34-21-17-28-56(67)60-46-52(80(4,5)6)38-42-71(60)86)78(88-69-36-23-19-30-58(69)62-48-54(82(10,11)12)40-44-73(62)88)77(75)87-68-35-22-18-29-57(68)61-47-53(81(7,8)9)39-43-72(61)87/h13-48H,1-12H3. The molecule has 6 heteroatoms. The molecule has 0 aliphatic heterocycles. The van der Waals surface area contributed by atoms with Crippen molar-refractivity contribution < 1.29 is 0 Å². The summed E-state index contributed by atoms with van der Waals surface area (Å²) in [6.45, 7) is 27.5. The molecule has 0 aliphatic rings. The van der Waals surface area contributed by atoms with Crippen LogP contribution >= 0.6 is 0 Å². The van der Waals surface area contributed by atoms with E-state index < -0.39 is 0 Å². The van der Waals surface area contributed by atoms with Gasteiger partial charge in [-0.1, -0.05) is 217 Å². The molecule has 15 rings (SSSR count). The third kappa shape index (κ3) is 8.38. The third-order valence-corrected chi connectivity index (χ3v) is 18.6. The molecule has 0 aliphatic carbocycles. The van der Waals surface area contributed by atoms with Gasteiger partial charge in [-0.25, -0.2) is 4.98 Å². The minimum atomic E-state index is -0.134. The van der Waals surface area contributed by atoms with Crippen LogP contribution in [0.1, 0.15) is 111 Å². The fraction of sp³-hybridized carbons (Fsp3) is 0.195. The molecule has 430 valence electrons. The Morgan fingerprint density at radius 3 is 0.932 bits per heavy atom. The highest BCUT2D eigenvalue weighted by Crippen LogP contribution is 2.53. The van der Waals surface area contributed by atoms with Gasteiger partial charge in [0.05, 0.1) is 83.8 Å². The summed E-state index contributed by atoms with van der Waals surface area (Å²) in [5.74, 6) is 0. The summed E-state index contributed by atoms with van der Waals surface area (Å²) in [6, 6.07) is 83.6. The molecular formula is C82H72N6. The second-order valence-electron chi connectivity index (χ2n) is 28.4. The first-order valence-electron chi connectivity index (χ1n) is 31.0. The number of rotatable bonds is 6. The summed E-state index contributed by atoms with van der Waals surface area (Å²) in [5.41, 5.74) is 19.7. The lowest BCUT2D eigenvalue weighted by molar-refractivity contribution is 0.591. The van der Waals surface area contributed by atoms with Crippen LogP contribution in [0.25, 0.3) is 132 Å². The Labute approximate surface area is 515 Å². The fourth-order valence-electron chi connectivity index (χ4n) is 14.0. The van der Waals surface area contributed by atoms with Crippen molar-refractivity contribution in [3.05, 3.63) is 246 Å². The Balaban J connectivity index is 1.30. The van der Waals surface area contributed by atoms with E-state index in [1.807, 2.05) is 0 Å². The Kier molecular flexibility index (Phi) is 12.1. The van der Waals surface area contributed by atoms with Gasteiger partial charge in [0, 0.05) is 54.2 Å². The number of fused-ring (bicyclic) bond motifs is 12. The van der Waals surface area contributed by atoms with E-state index in [9.17, 15) is 5.26 Å². The van der Waals surface area contributed by atoms with Crippen molar-refractivity contribution in [2.24, 2.45) is 0 Å². The summed E-state index contributed by atoms with van der Waals surface area (Å²) in [7, 11) is 0. The number of benzene rings is 10. The zero-order valence-corrected chi connectivity index (χ0v) is 52.5. The van der Waals surface area contributed by atoms with E-state index in [0.29, 0.717) is 11.3 Å². The highest BCUT2D eigenvalue weighted by molar-refractivity contribution is 6.17. The van der Waals surface area contributed by atoms with Crippen molar-refractivity contribution in [1.82, 2.24) is 23.3 Å².